The van der Waals surface area contributed by atoms with Crippen molar-refractivity contribution in [1.82, 2.24) is 5.32 Å². The first kappa shape index (κ1) is 14.8. The molecule has 0 spiro atoms. The van der Waals surface area contributed by atoms with Gasteiger partial charge in [0, 0.05) is 18.7 Å². The van der Waals surface area contributed by atoms with E-state index in [0.717, 1.165) is 5.56 Å². The van der Waals surface area contributed by atoms with Gasteiger partial charge in [0.25, 0.3) is 5.69 Å². The molecule has 1 atom stereocenters. The number of nitro benzene ring substituents is 1. The number of hydrogen-bond donors (Lipinski definition) is 1. The molecular weight excluding hydrogens is 256 g/mol. The Balaban J connectivity index is 2.09. The molecule has 0 bridgehead atoms. The van der Waals surface area contributed by atoms with Crippen LogP contribution in [0.15, 0.2) is 18.2 Å². The van der Waals surface area contributed by atoms with Crippen molar-refractivity contribution in [3.05, 3.63) is 33.9 Å². The number of non-ortho nitro benzene ring substituents is 1. The number of benzene rings is 1. The van der Waals surface area contributed by atoms with Crippen LogP contribution in [0.5, 0.6) is 5.75 Å². The maximum atomic E-state index is 10.9. The number of nitrogens with zero attached hydrogens (tertiary/aromatic N) is 1. The highest BCUT2D eigenvalue weighted by Crippen LogP contribution is 2.37. The molecule has 1 N–H and O–H groups in total. The third kappa shape index (κ3) is 3.28. The van der Waals surface area contributed by atoms with E-state index in [1.165, 1.54) is 32.4 Å². The lowest BCUT2D eigenvalue weighted by atomic mass is 9.87. The molecule has 1 fully saturated rings. The molecule has 20 heavy (non-hydrogen) atoms. The zero-order valence-corrected chi connectivity index (χ0v) is 12.3. The Kier molecular flexibility index (Phi) is 4.28. The first-order chi connectivity index (χ1) is 9.42. The Morgan fingerprint density at radius 1 is 1.45 bits per heavy atom. The van der Waals surface area contributed by atoms with E-state index < -0.39 is 0 Å². The van der Waals surface area contributed by atoms with Crippen LogP contribution in [0.25, 0.3) is 0 Å². The normalized spacial score (nSPS) is 20.9. The Morgan fingerprint density at radius 2 is 2.20 bits per heavy atom. The highest BCUT2D eigenvalue weighted by atomic mass is 16.6. The van der Waals surface area contributed by atoms with Gasteiger partial charge in [0.1, 0.15) is 5.75 Å². The van der Waals surface area contributed by atoms with Crippen molar-refractivity contribution in [3.8, 4) is 5.75 Å². The van der Waals surface area contributed by atoms with E-state index >= 15 is 0 Å². The first-order valence-electron chi connectivity index (χ1n) is 6.98. The minimum absolute atomic E-state index is 0.0758. The van der Waals surface area contributed by atoms with Gasteiger partial charge in [-0.3, -0.25) is 10.1 Å². The molecule has 1 unspecified atom stereocenters. The zero-order chi connectivity index (χ0) is 14.8. The molecule has 1 saturated carbocycles. The van der Waals surface area contributed by atoms with E-state index in [1.807, 2.05) is 6.07 Å². The third-order valence-electron chi connectivity index (χ3n) is 4.21. The molecular formula is C15H22N2O3. The van der Waals surface area contributed by atoms with Crippen LogP contribution in [0.2, 0.25) is 0 Å². The Morgan fingerprint density at radius 3 is 2.75 bits per heavy atom. The maximum Gasteiger partial charge on any atom is 0.273 e. The summed E-state index contributed by atoms with van der Waals surface area (Å²) in [5, 5.41) is 14.4. The van der Waals surface area contributed by atoms with Crippen molar-refractivity contribution in [1.29, 1.82) is 0 Å². The second-order valence-corrected chi connectivity index (χ2v) is 6.11. The zero-order valence-electron chi connectivity index (χ0n) is 12.3. The molecule has 0 saturated heterocycles. The first-order valence-corrected chi connectivity index (χ1v) is 6.98. The molecule has 0 aliphatic heterocycles. The summed E-state index contributed by atoms with van der Waals surface area (Å²) in [5.74, 6) is 0.529. The Hall–Kier alpha value is -1.62. The van der Waals surface area contributed by atoms with E-state index in [0.29, 0.717) is 23.8 Å². The molecule has 110 valence electrons. The molecule has 0 amide bonds. The van der Waals surface area contributed by atoms with E-state index in [-0.39, 0.29) is 10.6 Å². The summed E-state index contributed by atoms with van der Waals surface area (Å²) >= 11 is 0. The molecule has 1 aromatic carbocycles. The van der Waals surface area contributed by atoms with Gasteiger partial charge in [-0.15, -0.1) is 0 Å². The second kappa shape index (κ2) is 5.79. The van der Waals surface area contributed by atoms with Gasteiger partial charge in [-0.05, 0) is 29.9 Å². The van der Waals surface area contributed by atoms with Gasteiger partial charge in [-0.1, -0.05) is 20.3 Å². The minimum atomic E-state index is -0.383. The van der Waals surface area contributed by atoms with E-state index in [2.05, 4.69) is 19.2 Å². The summed E-state index contributed by atoms with van der Waals surface area (Å²) in [7, 11) is 1.52. The van der Waals surface area contributed by atoms with Crippen molar-refractivity contribution in [3.63, 3.8) is 0 Å². The van der Waals surface area contributed by atoms with Gasteiger partial charge in [0.15, 0.2) is 0 Å². The second-order valence-electron chi connectivity index (χ2n) is 6.11. The summed E-state index contributed by atoms with van der Waals surface area (Å²) in [6.45, 7) is 5.17. The van der Waals surface area contributed by atoms with Gasteiger partial charge >= 0.3 is 0 Å². The number of ether oxygens (including phenoxy) is 1. The maximum absolute atomic E-state index is 10.9. The molecule has 0 radical (unpaired) electrons. The van der Waals surface area contributed by atoms with Crippen LogP contribution < -0.4 is 10.1 Å². The largest absolute Gasteiger partial charge is 0.496 e. The fourth-order valence-electron chi connectivity index (χ4n) is 2.91. The molecule has 5 heteroatoms. The number of nitrogens with one attached hydrogen (secondary N) is 1. The predicted octanol–water partition coefficient (Wildman–Crippen LogP) is 3.27. The van der Waals surface area contributed by atoms with Gasteiger partial charge in [-0.25, -0.2) is 0 Å². The smallest absolute Gasteiger partial charge is 0.273 e. The van der Waals surface area contributed by atoms with Crippen molar-refractivity contribution >= 4 is 5.69 Å². The molecule has 0 aromatic heterocycles. The molecule has 0 heterocycles. The van der Waals surface area contributed by atoms with Gasteiger partial charge in [0.05, 0.1) is 18.1 Å². The van der Waals surface area contributed by atoms with E-state index in [9.17, 15) is 10.1 Å². The fourth-order valence-corrected chi connectivity index (χ4v) is 2.91. The minimum Gasteiger partial charge on any atom is -0.496 e. The highest BCUT2D eigenvalue weighted by Gasteiger charge is 2.33. The number of hydrogen-bond acceptors (Lipinski definition) is 4. The average molecular weight is 278 g/mol. The van der Waals surface area contributed by atoms with Crippen molar-refractivity contribution in [2.75, 3.05) is 7.11 Å². The van der Waals surface area contributed by atoms with Crippen LogP contribution in [0.1, 0.15) is 38.7 Å². The number of methoxy groups -OCH3 is 1. The Labute approximate surface area is 119 Å². The predicted molar refractivity (Wildman–Crippen MR) is 77.9 cm³/mol. The molecule has 5 nitrogen and oxygen atoms in total. The number of rotatable bonds is 5. The van der Waals surface area contributed by atoms with Crippen molar-refractivity contribution in [2.45, 2.75) is 45.7 Å². The van der Waals surface area contributed by atoms with Gasteiger partial charge in [0.2, 0.25) is 0 Å². The quantitative estimate of drug-likeness (QED) is 0.663. The Bertz CT molecular complexity index is 500. The lowest BCUT2D eigenvalue weighted by molar-refractivity contribution is -0.385. The van der Waals surface area contributed by atoms with Crippen molar-refractivity contribution < 1.29 is 9.66 Å². The fraction of sp³-hybridized carbons (Fsp3) is 0.600. The van der Waals surface area contributed by atoms with Crippen molar-refractivity contribution in [2.24, 2.45) is 5.41 Å². The highest BCUT2D eigenvalue weighted by molar-refractivity contribution is 5.42. The summed E-state index contributed by atoms with van der Waals surface area (Å²) < 4.78 is 5.13. The van der Waals surface area contributed by atoms with Gasteiger partial charge < -0.3 is 10.1 Å². The average Bonchev–Trinajstić information content (AvgIpc) is 2.74. The van der Waals surface area contributed by atoms with Gasteiger partial charge in [-0.2, -0.15) is 0 Å². The molecule has 2 rings (SSSR count). The van der Waals surface area contributed by atoms with E-state index in [4.69, 9.17) is 4.74 Å². The SMILES string of the molecule is COc1cc(CNC2CCCC2(C)C)cc([N+](=O)[O-])c1. The van der Waals surface area contributed by atoms with Crippen LogP contribution >= 0.6 is 0 Å². The van der Waals surface area contributed by atoms with Crippen LogP contribution in [-0.4, -0.2) is 18.1 Å². The summed E-state index contributed by atoms with van der Waals surface area (Å²) in [6.07, 6.45) is 3.63. The molecule has 1 aliphatic carbocycles. The summed E-state index contributed by atoms with van der Waals surface area (Å²) in [5.41, 5.74) is 1.26. The lowest BCUT2D eigenvalue weighted by Crippen LogP contribution is -2.37. The van der Waals surface area contributed by atoms with Crippen LogP contribution in [0.4, 0.5) is 5.69 Å². The van der Waals surface area contributed by atoms with Crippen LogP contribution in [-0.2, 0) is 6.54 Å². The standard InChI is InChI=1S/C15H22N2O3/c1-15(2)6-4-5-14(15)16-10-11-7-12(17(18)19)9-13(8-11)20-3/h7-9,14,16H,4-6,10H2,1-3H3. The van der Waals surface area contributed by atoms with Crippen LogP contribution in [0, 0.1) is 15.5 Å². The molecule has 1 aromatic rings. The summed E-state index contributed by atoms with van der Waals surface area (Å²) in [4.78, 5) is 10.5. The molecule has 1 aliphatic rings. The lowest BCUT2D eigenvalue weighted by Gasteiger charge is -2.28. The van der Waals surface area contributed by atoms with Crippen LogP contribution in [0.3, 0.4) is 0 Å². The third-order valence-corrected chi connectivity index (χ3v) is 4.21. The summed E-state index contributed by atoms with van der Waals surface area (Å²) in [6, 6.07) is 5.37. The topological polar surface area (TPSA) is 64.4 Å². The monoisotopic (exact) mass is 278 g/mol. The van der Waals surface area contributed by atoms with E-state index in [1.54, 1.807) is 6.07 Å². The number of nitro groups is 1.